The van der Waals surface area contributed by atoms with Crippen LogP contribution in [0, 0.1) is 13.8 Å². The number of aromatic amines is 1. The van der Waals surface area contributed by atoms with Gasteiger partial charge in [0.25, 0.3) is 5.91 Å². The first-order chi connectivity index (χ1) is 12.9. The van der Waals surface area contributed by atoms with E-state index < -0.39 is 34.1 Å². The number of aryl methyl sites for hydroxylation is 1. The van der Waals surface area contributed by atoms with Crippen molar-refractivity contribution in [1.29, 1.82) is 0 Å². The molecule has 0 fully saturated rings. The zero-order valence-electron chi connectivity index (χ0n) is 15.9. The number of esters is 1. The maximum absolute atomic E-state index is 12.4. The summed E-state index contributed by atoms with van der Waals surface area (Å²) in [5, 5.41) is 17.3. The largest absolute Gasteiger partial charge is 0.448 e. The summed E-state index contributed by atoms with van der Waals surface area (Å²) in [5.74, 6) is -1.31. The van der Waals surface area contributed by atoms with Crippen molar-refractivity contribution >= 4 is 27.6 Å². The number of aromatic nitrogens is 1. The third kappa shape index (κ3) is 4.77. The van der Waals surface area contributed by atoms with Crippen molar-refractivity contribution in [2.75, 3.05) is 5.32 Å². The first-order valence-corrected chi connectivity index (χ1v) is 9.98. The standard InChI is InChI=1S/C18H23N3O6S/c1-9-15(11(3)22)10(2)20-16(9)18(24)27-12(4)17(23)21-13-5-7-14(8-6-13)28(19,25)26/h5-8,11-12,20,22H,1-4H3,(H,21,23)(H2,19,25,26)/t11-,12+/m0/s1. The van der Waals surface area contributed by atoms with Crippen molar-refractivity contribution < 1.29 is 27.9 Å². The van der Waals surface area contributed by atoms with Crippen LogP contribution in [0.4, 0.5) is 5.69 Å². The summed E-state index contributed by atoms with van der Waals surface area (Å²) in [6.45, 7) is 6.41. The normalized spacial score (nSPS) is 13.6. The Labute approximate surface area is 162 Å². The molecule has 1 aromatic heterocycles. The molecule has 0 aliphatic carbocycles. The van der Waals surface area contributed by atoms with Crippen LogP contribution < -0.4 is 10.5 Å². The summed E-state index contributed by atoms with van der Waals surface area (Å²) >= 11 is 0. The molecule has 0 bridgehead atoms. The molecule has 10 heteroatoms. The number of hydrogen-bond acceptors (Lipinski definition) is 6. The average Bonchev–Trinajstić information content (AvgIpc) is 2.89. The Kier molecular flexibility index (Phi) is 6.27. The lowest BCUT2D eigenvalue weighted by molar-refractivity contribution is -0.123. The maximum atomic E-state index is 12.4. The molecule has 2 rings (SSSR count). The van der Waals surface area contributed by atoms with Crippen molar-refractivity contribution in [1.82, 2.24) is 4.98 Å². The molecular formula is C18H23N3O6S. The molecule has 0 spiro atoms. The highest BCUT2D eigenvalue weighted by molar-refractivity contribution is 7.89. The molecule has 2 aromatic rings. The Morgan fingerprint density at radius 2 is 1.75 bits per heavy atom. The number of H-pyrrole nitrogens is 1. The number of rotatable bonds is 6. The number of benzene rings is 1. The van der Waals surface area contributed by atoms with E-state index in [1.54, 1.807) is 20.8 Å². The topological polar surface area (TPSA) is 152 Å². The molecule has 0 radical (unpaired) electrons. The van der Waals surface area contributed by atoms with Crippen molar-refractivity contribution in [3.05, 3.63) is 46.8 Å². The third-order valence-corrected chi connectivity index (χ3v) is 5.15. The van der Waals surface area contributed by atoms with Crippen molar-refractivity contribution in [3.63, 3.8) is 0 Å². The minimum atomic E-state index is -3.83. The molecule has 28 heavy (non-hydrogen) atoms. The van der Waals surface area contributed by atoms with E-state index in [1.165, 1.54) is 31.2 Å². The van der Waals surface area contributed by atoms with E-state index in [0.717, 1.165) is 0 Å². The fourth-order valence-corrected chi connectivity index (χ4v) is 3.36. The lowest BCUT2D eigenvalue weighted by Crippen LogP contribution is -2.30. The molecule has 9 nitrogen and oxygen atoms in total. The summed E-state index contributed by atoms with van der Waals surface area (Å²) in [6.07, 6.45) is -1.86. The number of anilines is 1. The zero-order valence-corrected chi connectivity index (χ0v) is 16.8. The van der Waals surface area contributed by atoms with Gasteiger partial charge in [-0.15, -0.1) is 0 Å². The second kappa shape index (κ2) is 8.13. The summed E-state index contributed by atoms with van der Waals surface area (Å²) in [4.78, 5) is 27.4. The fraction of sp³-hybridized carbons (Fsp3) is 0.333. The van der Waals surface area contributed by atoms with Gasteiger partial charge in [-0.05, 0) is 57.5 Å². The highest BCUT2D eigenvalue weighted by Gasteiger charge is 2.24. The maximum Gasteiger partial charge on any atom is 0.355 e. The van der Waals surface area contributed by atoms with Crippen LogP contribution in [0.5, 0.6) is 0 Å². The first-order valence-electron chi connectivity index (χ1n) is 8.43. The number of ether oxygens (including phenoxy) is 1. The van der Waals surface area contributed by atoms with Gasteiger partial charge in [0.15, 0.2) is 6.10 Å². The number of carbonyl (C=O) groups excluding carboxylic acids is 2. The Hall–Kier alpha value is -2.69. The van der Waals surface area contributed by atoms with E-state index in [4.69, 9.17) is 9.88 Å². The number of carbonyl (C=O) groups is 2. The van der Waals surface area contributed by atoms with E-state index in [2.05, 4.69) is 10.3 Å². The van der Waals surface area contributed by atoms with Gasteiger partial charge in [-0.1, -0.05) is 0 Å². The van der Waals surface area contributed by atoms with Gasteiger partial charge in [0, 0.05) is 16.9 Å². The SMILES string of the molecule is Cc1[nH]c(C(=O)O[C@H](C)C(=O)Nc2ccc(S(N)(=O)=O)cc2)c(C)c1[C@H](C)O. The van der Waals surface area contributed by atoms with E-state index >= 15 is 0 Å². The van der Waals surface area contributed by atoms with Crippen molar-refractivity contribution in [2.45, 2.75) is 44.8 Å². The quantitative estimate of drug-likeness (QED) is 0.531. The Morgan fingerprint density at radius 1 is 1.18 bits per heavy atom. The molecule has 5 N–H and O–H groups in total. The van der Waals surface area contributed by atoms with E-state index in [-0.39, 0.29) is 10.6 Å². The van der Waals surface area contributed by atoms with Crippen LogP contribution in [0.25, 0.3) is 0 Å². The number of primary sulfonamides is 1. The van der Waals surface area contributed by atoms with Crippen LogP contribution in [-0.4, -0.2) is 36.5 Å². The lowest BCUT2D eigenvalue weighted by Gasteiger charge is -2.14. The smallest absolute Gasteiger partial charge is 0.355 e. The number of hydrogen-bond donors (Lipinski definition) is 4. The number of nitrogens with one attached hydrogen (secondary N) is 2. The average molecular weight is 409 g/mol. The number of amides is 1. The Bertz CT molecular complexity index is 993. The number of aliphatic hydroxyl groups excluding tert-OH is 1. The predicted molar refractivity (Wildman–Crippen MR) is 102 cm³/mol. The van der Waals surface area contributed by atoms with Gasteiger partial charge in [-0.25, -0.2) is 18.4 Å². The van der Waals surface area contributed by atoms with Gasteiger partial charge in [0.1, 0.15) is 5.69 Å². The Morgan fingerprint density at radius 3 is 2.21 bits per heavy atom. The number of nitrogens with two attached hydrogens (primary N) is 1. The van der Waals surface area contributed by atoms with Crippen molar-refractivity contribution in [3.8, 4) is 0 Å². The van der Waals surface area contributed by atoms with E-state index in [1.807, 2.05) is 0 Å². The second-order valence-electron chi connectivity index (χ2n) is 6.45. The molecule has 0 unspecified atom stereocenters. The van der Waals surface area contributed by atoms with E-state index in [9.17, 15) is 23.1 Å². The molecule has 152 valence electrons. The van der Waals surface area contributed by atoms with Crippen LogP contribution in [0.1, 0.15) is 47.3 Å². The van der Waals surface area contributed by atoms with Gasteiger partial charge in [0.2, 0.25) is 10.0 Å². The molecule has 1 heterocycles. The molecule has 1 amide bonds. The third-order valence-electron chi connectivity index (χ3n) is 4.22. The zero-order chi connectivity index (χ0) is 21.2. The number of aliphatic hydroxyl groups is 1. The minimum absolute atomic E-state index is 0.0866. The number of sulfonamides is 1. The summed E-state index contributed by atoms with van der Waals surface area (Å²) < 4.78 is 27.7. The second-order valence-corrected chi connectivity index (χ2v) is 8.01. The van der Waals surface area contributed by atoms with Gasteiger partial charge in [-0.2, -0.15) is 0 Å². The first kappa shape index (κ1) is 21.6. The highest BCUT2D eigenvalue weighted by Crippen LogP contribution is 2.25. The molecule has 1 aromatic carbocycles. The van der Waals surface area contributed by atoms with Gasteiger partial charge >= 0.3 is 5.97 Å². The summed E-state index contributed by atoms with van der Waals surface area (Å²) in [7, 11) is -3.83. The summed E-state index contributed by atoms with van der Waals surface area (Å²) in [5.41, 5.74) is 2.31. The van der Waals surface area contributed by atoms with Crippen LogP contribution in [-0.2, 0) is 19.6 Å². The van der Waals surface area contributed by atoms with Crippen LogP contribution >= 0.6 is 0 Å². The molecule has 0 saturated carbocycles. The highest BCUT2D eigenvalue weighted by atomic mass is 32.2. The molecule has 0 aliphatic rings. The van der Waals surface area contributed by atoms with E-state index in [0.29, 0.717) is 22.5 Å². The lowest BCUT2D eigenvalue weighted by atomic mass is 10.1. The van der Waals surface area contributed by atoms with Crippen LogP contribution in [0.3, 0.4) is 0 Å². The molecule has 2 atom stereocenters. The van der Waals surface area contributed by atoms with Crippen LogP contribution in [0.2, 0.25) is 0 Å². The fourth-order valence-electron chi connectivity index (χ4n) is 2.84. The summed E-state index contributed by atoms with van der Waals surface area (Å²) in [6, 6.07) is 5.26. The Balaban J connectivity index is 2.06. The van der Waals surface area contributed by atoms with Gasteiger partial charge < -0.3 is 20.1 Å². The van der Waals surface area contributed by atoms with Crippen molar-refractivity contribution in [2.24, 2.45) is 5.14 Å². The molecular weight excluding hydrogens is 386 g/mol. The van der Waals surface area contributed by atoms with Gasteiger partial charge in [-0.3, -0.25) is 4.79 Å². The predicted octanol–water partition coefficient (Wildman–Crippen LogP) is 1.52. The molecule has 0 aliphatic heterocycles. The van der Waals surface area contributed by atoms with Gasteiger partial charge in [0.05, 0.1) is 11.0 Å². The molecule has 0 saturated heterocycles. The minimum Gasteiger partial charge on any atom is -0.448 e. The van der Waals surface area contributed by atoms with Crippen LogP contribution in [0.15, 0.2) is 29.2 Å². The monoisotopic (exact) mass is 409 g/mol.